The number of hydrogen-bond acceptors (Lipinski definition) is 2. The maximum atomic E-state index is 9.69. The van der Waals surface area contributed by atoms with Gasteiger partial charge in [0, 0.05) is 33.1 Å². The number of hydrogen-bond donors (Lipinski definition) is 0. The molecule has 2 nitrogen and oxygen atoms in total. The van der Waals surface area contributed by atoms with Crippen LogP contribution in [0.2, 0.25) is 0 Å². The molecular weight excluding hydrogens is 655 g/mol. The Morgan fingerprint density at radius 2 is 0.963 bits per heavy atom. The van der Waals surface area contributed by atoms with Crippen molar-refractivity contribution in [1.29, 1.82) is 0 Å². The first-order valence-electron chi connectivity index (χ1n) is 20.2. The van der Waals surface area contributed by atoms with Crippen LogP contribution in [0.25, 0.3) is 87.3 Å². The van der Waals surface area contributed by atoms with Crippen LogP contribution in [0.1, 0.15) is 5.48 Å². The van der Waals surface area contributed by atoms with Crippen LogP contribution in [-0.2, 0) is 0 Å². The van der Waals surface area contributed by atoms with E-state index in [1.165, 1.54) is 21.5 Å². The van der Waals surface area contributed by atoms with Crippen LogP contribution < -0.4 is 4.90 Å². The zero-order chi connectivity index (χ0) is 39.1. The second-order valence-electron chi connectivity index (χ2n) is 13.8. The third-order valence-electron chi connectivity index (χ3n) is 10.7. The fourth-order valence-electron chi connectivity index (χ4n) is 8.09. The molecule has 0 amide bonds. The van der Waals surface area contributed by atoms with Gasteiger partial charge in [-0.1, -0.05) is 158 Å². The number of fused-ring (bicyclic) bond motifs is 9. The highest BCUT2D eigenvalue weighted by Gasteiger charge is 2.19. The maximum absolute atomic E-state index is 9.69. The lowest BCUT2D eigenvalue weighted by atomic mass is 9.96. The van der Waals surface area contributed by atoms with Crippen molar-refractivity contribution in [2.75, 3.05) is 4.90 Å². The van der Waals surface area contributed by atoms with Crippen molar-refractivity contribution in [1.82, 2.24) is 0 Å². The van der Waals surface area contributed by atoms with Gasteiger partial charge in [0.2, 0.25) is 0 Å². The van der Waals surface area contributed by atoms with Crippen molar-refractivity contribution in [3.8, 4) is 22.3 Å². The molecule has 252 valence electrons. The van der Waals surface area contributed by atoms with Crippen molar-refractivity contribution in [3.05, 3.63) is 200 Å². The van der Waals surface area contributed by atoms with Crippen LogP contribution in [0.5, 0.6) is 0 Å². The maximum Gasteiger partial charge on any atom is 0.143 e. The summed E-state index contributed by atoms with van der Waals surface area (Å²) >= 11 is 0. The second-order valence-corrected chi connectivity index (χ2v) is 13.8. The zero-order valence-electron chi connectivity index (χ0n) is 33.1. The number of rotatable bonds is 5. The molecule has 2 heteroatoms. The normalized spacial score (nSPS) is 12.7. The zero-order valence-corrected chi connectivity index (χ0v) is 29.1. The molecule has 0 bridgehead atoms. The van der Waals surface area contributed by atoms with E-state index >= 15 is 0 Å². The lowest BCUT2D eigenvalue weighted by Crippen LogP contribution is -2.10. The Morgan fingerprint density at radius 3 is 1.76 bits per heavy atom. The Bertz CT molecular complexity index is 3430. The quantitative estimate of drug-likeness (QED) is 0.167. The monoisotopic (exact) mass is 691 g/mol. The van der Waals surface area contributed by atoms with Gasteiger partial charge in [-0.25, -0.2) is 0 Å². The lowest BCUT2D eigenvalue weighted by Gasteiger charge is -2.28. The summed E-state index contributed by atoms with van der Waals surface area (Å²) in [4.78, 5) is 1.90. The second kappa shape index (κ2) is 12.2. The Balaban J connectivity index is 1.13. The van der Waals surface area contributed by atoms with Crippen molar-refractivity contribution in [3.63, 3.8) is 0 Å². The molecule has 1 aromatic heterocycles. The first-order chi connectivity index (χ1) is 28.4. The number of anilines is 3. The molecule has 1 heterocycles. The molecule has 0 N–H and O–H groups in total. The minimum atomic E-state index is -0.146. The lowest BCUT2D eigenvalue weighted by molar-refractivity contribution is 0.670. The van der Waals surface area contributed by atoms with Gasteiger partial charge in [-0.3, -0.25) is 0 Å². The molecule has 0 spiro atoms. The number of benzene rings is 10. The molecule has 0 saturated carbocycles. The molecule has 0 radical (unpaired) electrons. The van der Waals surface area contributed by atoms with Crippen molar-refractivity contribution in [2.45, 2.75) is 0 Å². The molecule has 0 saturated heterocycles. The number of para-hydroxylation sites is 2. The first-order valence-corrected chi connectivity index (χ1v) is 18.2. The molecule has 0 fully saturated rings. The summed E-state index contributed by atoms with van der Waals surface area (Å²) in [6.07, 6.45) is 0. The van der Waals surface area contributed by atoms with Gasteiger partial charge >= 0.3 is 0 Å². The predicted molar refractivity (Wildman–Crippen MR) is 229 cm³/mol. The molecule has 0 aliphatic heterocycles. The topological polar surface area (TPSA) is 16.4 Å². The van der Waals surface area contributed by atoms with E-state index in [9.17, 15) is 5.48 Å². The van der Waals surface area contributed by atoms with Gasteiger partial charge in [0.15, 0.2) is 0 Å². The van der Waals surface area contributed by atoms with Crippen LogP contribution in [0, 0.1) is 0 Å². The smallest absolute Gasteiger partial charge is 0.143 e. The van der Waals surface area contributed by atoms with E-state index < -0.39 is 0 Å². The highest BCUT2D eigenvalue weighted by molar-refractivity contribution is 6.15. The molecule has 54 heavy (non-hydrogen) atoms. The Hall–Kier alpha value is -7.16. The molecule has 0 unspecified atom stereocenters. The summed E-state index contributed by atoms with van der Waals surface area (Å²) in [5, 5.41) is 10.6. The largest absolute Gasteiger partial charge is 0.455 e. The summed E-state index contributed by atoms with van der Waals surface area (Å²) in [5.41, 5.74) is 5.69. The molecule has 0 aliphatic rings. The van der Waals surface area contributed by atoms with Gasteiger partial charge in [-0.2, -0.15) is 0 Å². The molecule has 0 atom stereocenters. The van der Waals surface area contributed by atoms with Crippen LogP contribution in [0.15, 0.2) is 205 Å². The van der Waals surface area contributed by atoms with E-state index in [-0.39, 0.29) is 35.4 Å². The molecular formula is C52H33NO. The van der Waals surface area contributed by atoms with Crippen molar-refractivity contribution in [2.24, 2.45) is 0 Å². The van der Waals surface area contributed by atoms with Crippen LogP contribution in [0.4, 0.5) is 17.1 Å². The molecule has 11 rings (SSSR count). The van der Waals surface area contributed by atoms with E-state index in [4.69, 9.17) is 4.42 Å². The van der Waals surface area contributed by atoms with Crippen LogP contribution in [-0.4, -0.2) is 0 Å². The average molecular weight is 692 g/mol. The van der Waals surface area contributed by atoms with Gasteiger partial charge in [-0.15, -0.1) is 0 Å². The summed E-state index contributed by atoms with van der Waals surface area (Å²) in [6.45, 7) is 0. The first kappa shape index (κ1) is 26.6. The van der Waals surface area contributed by atoms with Crippen molar-refractivity contribution < 1.29 is 9.90 Å². The summed E-state index contributed by atoms with van der Waals surface area (Å²) in [7, 11) is 0. The van der Waals surface area contributed by atoms with Crippen LogP contribution in [0.3, 0.4) is 0 Å². The summed E-state index contributed by atoms with van der Waals surface area (Å²) in [5.74, 6) is 0. The number of nitrogens with zero attached hydrogens (tertiary/aromatic N) is 1. The van der Waals surface area contributed by atoms with E-state index in [1.54, 1.807) is 0 Å². The Morgan fingerprint density at radius 1 is 0.370 bits per heavy atom. The van der Waals surface area contributed by atoms with Crippen LogP contribution >= 0.6 is 0 Å². The van der Waals surface area contributed by atoms with Gasteiger partial charge < -0.3 is 9.32 Å². The van der Waals surface area contributed by atoms with E-state index in [0.29, 0.717) is 22.4 Å². The van der Waals surface area contributed by atoms with Gasteiger partial charge in [0.25, 0.3) is 0 Å². The van der Waals surface area contributed by atoms with E-state index in [0.717, 1.165) is 49.1 Å². The molecule has 10 aromatic carbocycles. The summed E-state index contributed by atoms with van der Waals surface area (Å²) in [6, 6.07) is 58.8. The highest BCUT2D eigenvalue weighted by atomic mass is 16.3. The fourth-order valence-corrected chi connectivity index (χ4v) is 8.09. The van der Waals surface area contributed by atoms with E-state index in [1.807, 2.05) is 83.8 Å². The predicted octanol–water partition coefficient (Wildman–Crippen LogP) is 15.0. The average Bonchev–Trinajstić information content (AvgIpc) is 3.66. The SMILES string of the molecule is [2H]c1c([2H])c(N(c2ccc(-c3ccc4ccc5ccccc5c4c3)cc2)c2cc3ccccc3c3ccccc23)c([2H])c([2H])c1-c1cccc2c1oc1ccccc12. The Kier molecular flexibility index (Phi) is 6.02. The molecule has 0 aliphatic carbocycles. The summed E-state index contributed by atoms with van der Waals surface area (Å²) < 4.78 is 44.8. The minimum Gasteiger partial charge on any atom is -0.455 e. The molecule has 11 aromatic rings. The van der Waals surface area contributed by atoms with Gasteiger partial charge in [0.05, 0.1) is 11.2 Å². The highest BCUT2D eigenvalue weighted by Crippen LogP contribution is 2.44. The van der Waals surface area contributed by atoms with Gasteiger partial charge in [-0.05, 0) is 96.8 Å². The Labute approximate surface area is 318 Å². The van der Waals surface area contributed by atoms with E-state index in [2.05, 4.69) is 97.1 Å². The third-order valence-corrected chi connectivity index (χ3v) is 10.7. The van der Waals surface area contributed by atoms with Gasteiger partial charge in [0.1, 0.15) is 11.2 Å². The standard InChI is InChI=1S/C52H33NO/c1-3-12-42-35(10-1)20-21-37-22-23-38(32-49(37)42)34-24-28-40(29-25-34)53(50-33-39-11-2-4-13-43(39)45-14-5-6-15-46(45)50)41-30-26-36(27-31-41)44-17-9-18-48-47-16-7-8-19-51(47)54-52(44)48/h1-33H/i26D,27D,30D,31D. The fraction of sp³-hybridized carbons (Fsp3) is 0. The number of furan rings is 1. The minimum absolute atomic E-state index is 0.140. The third kappa shape index (κ3) is 4.88. The van der Waals surface area contributed by atoms with Crippen molar-refractivity contribution >= 4 is 82.1 Å².